The Balaban J connectivity index is 1.80. The zero-order valence-corrected chi connectivity index (χ0v) is 13.3. The first-order valence-electron chi connectivity index (χ1n) is 5.71. The first-order valence-corrected chi connectivity index (χ1v) is 7.87. The van der Waals surface area contributed by atoms with Crippen molar-refractivity contribution < 1.29 is 4.74 Å². The molecule has 0 heterocycles. The van der Waals surface area contributed by atoms with Crippen LogP contribution < -0.4 is 10.5 Å². The molecule has 0 radical (unpaired) electrons. The number of rotatable bonds is 5. The molecule has 0 atom stereocenters. The average molecular weight is 359 g/mol. The predicted octanol–water partition coefficient (Wildman–Crippen LogP) is 4.86. The summed E-state index contributed by atoms with van der Waals surface area (Å²) in [5, 5.41) is 0.700. The number of nitrogens with two attached hydrogens (primary N) is 1. The first-order chi connectivity index (χ1) is 9.15. The Morgan fingerprint density at radius 2 is 1.89 bits per heavy atom. The van der Waals surface area contributed by atoms with E-state index in [4.69, 9.17) is 22.1 Å². The largest absolute Gasteiger partial charge is 0.493 e. The van der Waals surface area contributed by atoms with Crippen LogP contribution in [0.25, 0.3) is 0 Å². The van der Waals surface area contributed by atoms with E-state index in [1.165, 1.54) is 0 Å². The van der Waals surface area contributed by atoms with E-state index in [1.807, 2.05) is 36.4 Å². The molecule has 19 heavy (non-hydrogen) atoms. The Kier molecular flexibility index (Phi) is 5.43. The van der Waals surface area contributed by atoms with Crippen LogP contribution in [0.1, 0.15) is 0 Å². The minimum absolute atomic E-state index is 0.623. The highest BCUT2D eigenvalue weighted by molar-refractivity contribution is 9.10. The molecule has 5 heteroatoms. The van der Waals surface area contributed by atoms with Crippen molar-refractivity contribution in [2.75, 3.05) is 18.1 Å². The van der Waals surface area contributed by atoms with Crippen molar-refractivity contribution in [2.24, 2.45) is 0 Å². The lowest BCUT2D eigenvalue weighted by Gasteiger charge is -2.08. The van der Waals surface area contributed by atoms with Crippen molar-refractivity contribution in [2.45, 2.75) is 4.90 Å². The van der Waals surface area contributed by atoms with Crippen molar-refractivity contribution in [3.63, 3.8) is 0 Å². The average Bonchev–Trinajstić information content (AvgIpc) is 2.40. The Bertz CT molecular complexity index is 548. The van der Waals surface area contributed by atoms with E-state index in [1.54, 1.807) is 17.8 Å². The monoisotopic (exact) mass is 357 g/mol. The van der Waals surface area contributed by atoms with Gasteiger partial charge in [0.2, 0.25) is 0 Å². The van der Waals surface area contributed by atoms with Gasteiger partial charge >= 0.3 is 0 Å². The number of hydrogen-bond acceptors (Lipinski definition) is 3. The Hall–Kier alpha value is -0.840. The molecule has 2 aromatic carbocycles. The third kappa shape index (κ3) is 4.64. The van der Waals surface area contributed by atoms with E-state index in [-0.39, 0.29) is 0 Å². The van der Waals surface area contributed by atoms with Crippen LogP contribution in [0, 0.1) is 0 Å². The summed E-state index contributed by atoms with van der Waals surface area (Å²) in [4.78, 5) is 0.993. The summed E-state index contributed by atoms with van der Waals surface area (Å²) in [6, 6.07) is 13.3. The summed E-state index contributed by atoms with van der Waals surface area (Å²) in [5.41, 5.74) is 6.62. The van der Waals surface area contributed by atoms with Crippen molar-refractivity contribution in [1.29, 1.82) is 0 Å². The number of thioether (sulfide) groups is 1. The van der Waals surface area contributed by atoms with Crippen LogP contribution >= 0.6 is 39.3 Å². The van der Waals surface area contributed by atoms with Gasteiger partial charge in [-0.3, -0.25) is 0 Å². The standard InChI is InChI=1S/C14H13BrClNOS/c15-10-1-4-12(5-2-10)18-7-8-19-14-9-11(16)3-6-13(14)17/h1-6,9H,7-8,17H2. The molecule has 0 aliphatic heterocycles. The van der Waals surface area contributed by atoms with Crippen LogP contribution in [0.3, 0.4) is 0 Å². The Labute approximate surface area is 130 Å². The number of halogens is 2. The number of benzene rings is 2. The van der Waals surface area contributed by atoms with Gasteiger partial charge in [0.15, 0.2) is 0 Å². The van der Waals surface area contributed by atoms with E-state index in [0.717, 1.165) is 26.6 Å². The smallest absolute Gasteiger partial charge is 0.119 e. The van der Waals surface area contributed by atoms with Gasteiger partial charge in [0, 0.05) is 25.8 Å². The normalized spacial score (nSPS) is 10.4. The fraction of sp³-hybridized carbons (Fsp3) is 0.143. The van der Waals surface area contributed by atoms with Gasteiger partial charge in [-0.05, 0) is 42.5 Å². The SMILES string of the molecule is Nc1ccc(Cl)cc1SCCOc1ccc(Br)cc1. The second-order valence-electron chi connectivity index (χ2n) is 3.83. The molecule has 0 fully saturated rings. The van der Waals surface area contributed by atoms with Crippen LogP contribution in [0.5, 0.6) is 5.75 Å². The van der Waals surface area contributed by atoms with Gasteiger partial charge in [0.1, 0.15) is 5.75 Å². The Morgan fingerprint density at radius 3 is 2.63 bits per heavy atom. The second kappa shape index (κ2) is 7.08. The molecule has 0 amide bonds. The van der Waals surface area contributed by atoms with E-state index in [9.17, 15) is 0 Å². The zero-order valence-electron chi connectivity index (χ0n) is 10.1. The quantitative estimate of drug-likeness (QED) is 0.471. The third-order valence-electron chi connectivity index (χ3n) is 2.40. The highest BCUT2D eigenvalue weighted by Crippen LogP contribution is 2.28. The lowest BCUT2D eigenvalue weighted by molar-refractivity contribution is 0.344. The summed E-state index contributed by atoms with van der Waals surface area (Å²) in [6.45, 7) is 0.623. The van der Waals surface area contributed by atoms with Crippen LogP contribution in [-0.4, -0.2) is 12.4 Å². The van der Waals surface area contributed by atoms with Crippen LogP contribution in [0.15, 0.2) is 51.8 Å². The molecule has 2 aromatic rings. The molecule has 0 saturated heterocycles. The van der Waals surface area contributed by atoms with Crippen LogP contribution in [0.2, 0.25) is 5.02 Å². The molecule has 2 nitrogen and oxygen atoms in total. The number of hydrogen-bond donors (Lipinski definition) is 1. The lowest BCUT2D eigenvalue weighted by Crippen LogP contribution is -2.00. The topological polar surface area (TPSA) is 35.2 Å². The molecular weight excluding hydrogens is 346 g/mol. The molecular formula is C14H13BrClNOS. The van der Waals surface area contributed by atoms with Gasteiger partial charge in [-0.1, -0.05) is 27.5 Å². The van der Waals surface area contributed by atoms with E-state index in [0.29, 0.717) is 11.6 Å². The van der Waals surface area contributed by atoms with Crippen molar-refractivity contribution >= 4 is 45.0 Å². The Morgan fingerprint density at radius 1 is 1.16 bits per heavy atom. The van der Waals surface area contributed by atoms with E-state index >= 15 is 0 Å². The maximum atomic E-state index is 5.94. The van der Waals surface area contributed by atoms with Crippen molar-refractivity contribution in [3.8, 4) is 5.75 Å². The fourth-order valence-corrected chi connectivity index (χ4v) is 2.81. The molecule has 0 spiro atoms. The summed E-state index contributed by atoms with van der Waals surface area (Å²) < 4.78 is 6.68. The van der Waals surface area contributed by atoms with Crippen molar-refractivity contribution in [1.82, 2.24) is 0 Å². The highest BCUT2D eigenvalue weighted by Gasteiger charge is 2.01. The van der Waals surface area contributed by atoms with Gasteiger partial charge in [-0.15, -0.1) is 11.8 Å². The molecule has 2 rings (SSSR count). The van der Waals surface area contributed by atoms with Gasteiger partial charge in [0.05, 0.1) is 6.61 Å². The summed E-state index contributed by atoms with van der Waals surface area (Å²) >= 11 is 11.0. The molecule has 0 saturated carbocycles. The van der Waals surface area contributed by atoms with Crippen LogP contribution in [-0.2, 0) is 0 Å². The second-order valence-corrected chi connectivity index (χ2v) is 6.32. The number of ether oxygens (including phenoxy) is 1. The predicted molar refractivity (Wildman–Crippen MR) is 86.2 cm³/mol. The molecule has 0 aromatic heterocycles. The molecule has 0 bridgehead atoms. The van der Waals surface area contributed by atoms with Gasteiger partial charge in [-0.25, -0.2) is 0 Å². The van der Waals surface area contributed by atoms with E-state index in [2.05, 4.69) is 15.9 Å². The molecule has 0 aliphatic rings. The maximum absolute atomic E-state index is 5.94. The minimum Gasteiger partial charge on any atom is -0.493 e. The zero-order chi connectivity index (χ0) is 13.7. The molecule has 0 aliphatic carbocycles. The highest BCUT2D eigenvalue weighted by atomic mass is 79.9. The number of nitrogen functional groups attached to an aromatic ring is 1. The summed E-state index contributed by atoms with van der Waals surface area (Å²) in [5.74, 6) is 1.68. The van der Waals surface area contributed by atoms with Crippen molar-refractivity contribution in [3.05, 3.63) is 52.0 Å². The fourth-order valence-electron chi connectivity index (χ4n) is 1.48. The van der Waals surface area contributed by atoms with E-state index < -0.39 is 0 Å². The molecule has 2 N–H and O–H groups in total. The van der Waals surface area contributed by atoms with Gasteiger partial charge in [0.25, 0.3) is 0 Å². The summed E-state index contributed by atoms with van der Waals surface area (Å²) in [7, 11) is 0. The third-order valence-corrected chi connectivity index (χ3v) is 4.20. The van der Waals surface area contributed by atoms with Gasteiger partial charge < -0.3 is 10.5 Å². The minimum atomic E-state index is 0.623. The lowest BCUT2D eigenvalue weighted by atomic mass is 10.3. The molecule has 100 valence electrons. The maximum Gasteiger partial charge on any atom is 0.119 e. The summed E-state index contributed by atoms with van der Waals surface area (Å²) in [6.07, 6.45) is 0. The number of anilines is 1. The van der Waals surface area contributed by atoms with Gasteiger partial charge in [-0.2, -0.15) is 0 Å². The van der Waals surface area contributed by atoms with Crippen LogP contribution in [0.4, 0.5) is 5.69 Å². The first kappa shape index (κ1) is 14.6. The molecule has 0 unspecified atom stereocenters.